The molecule has 0 spiro atoms. The SMILES string of the molecule is Cc1nc(CNC/C=C/c2ccco2)n[nH]1. The van der Waals surface area contributed by atoms with Crippen LogP contribution in [0.25, 0.3) is 6.08 Å². The highest BCUT2D eigenvalue weighted by molar-refractivity contribution is 5.42. The number of rotatable bonds is 5. The first-order valence-electron chi connectivity index (χ1n) is 5.13. The highest BCUT2D eigenvalue weighted by atomic mass is 16.3. The first-order valence-corrected chi connectivity index (χ1v) is 5.13. The van der Waals surface area contributed by atoms with Gasteiger partial charge in [-0.1, -0.05) is 6.08 Å². The summed E-state index contributed by atoms with van der Waals surface area (Å²) in [7, 11) is 0. The quantitative estimate of drug-likeness (QED) is 0.746. The lowest BCUT2D eigenvalue weighted by Crippen LogP contribution is -2.13. The summed E-state index contributed by atoms with van der Waals surface area (Å²) >= 11 is 0. The minimum atomic E-state index is 0.660. The Bertz CT molecular complexity index is 444. The third kappa shape index (κ3) is 3.06. The van der Waals surface area contributed by atoms with E-state index >= 15 is 0 Å². The number of furan rings is 1. The first kappa shape index (κ1) is 10.6. The van der Waals surface area contributed by atoms with Crippen molar-refractivity contribution in [1.29, 1.82) is 0 Å². The largest absolute Gasteiger partial charge is 0.465 e. The predicted octanol–water partition coefficient (Wildman–Crippen LogP) is 1.51. The number of aryl methyl sites for hydroxylation is 1. The Morgan fingerprint density at radius 2 is 2.50 bits per heavy atom. The summed E-state index contributed by atoms with van der Waals surface area (Å²) in [5.74, 6) is 2.47. The summed E-state index contributed by atoms with van der Waals surface area (Å²) in [5, 5.41) is 10.0. The molecule has 5 heteroatoms. The van der Waals surface area contributed by atoms with E-state index in [0.717, 1.165) is 24.0 Å². The van der Waals surface area contributed by atoms with E-state index in [2.05, 4.69) is 20.5 Å². The topological polar surface area (TPSA) is 66.7 Å². The summed E-state index contributed by atoms with van der Waals surface area (Å²) in [6.45, 7) is 3.30. The van der Waals surface area contributed by atoms with Gasteiger partial charge in [-0.2, -0.15) is 5.10 Å². The predicted molar refractivity (Wildman–Crippen MR) is 60.6 cm³/mol. The molecule has 0 bridgehead atoms. The minimum Gasteiger partial charge on any atom is -0.465 e. The molecule has 0 fully saturated rings. The van der Waals surface area contributed by atoms with Crippen molar-refractivity contribution in [3.8, 4) is 0 Å². The van der Waals surface area contributed by atoms with Gasteiger partial charge in [-0.15, -0.1) is 0 Å². The lowest BCUT2D eigenvalue weighted by atomic mass is 10.4. The van der Waals surface area contributed by atoms with Gasteiger partial charge in [0.2, 0.25) is 0 Å². The van der Waals surface area contributed by atoms with Gasteiger partial charge in [-0.3, -0.25) is 5.10 Å². The molecule has 0 aliphatic rings. The summed E-state index contributed by atoms with van der Waals surface area (Å²) in [5.41, 5.74) is 0. The molecule has 2 aromatic rings. The number of nitrogens with one attached hydrogen (secondary N) is 2. The molecule has 0 saturated carbocycles. The number of aromatic amines is 1. The van der Waals surface area contributed by atoms with Crippen molar-refractivity contribution >= 4 is 6.08 Å². The smallest absolute Gasteiger partial charge is 0.164 e. The average Bonchev–Trinajstić information content (AvgIpc) is 2.89. The molecule has 0 radical (unpaired) electrons. The molecule has 5 nitrogen and oxygen atoms in total. The Hall–Kier alpha value is -1.88. The second-order valence-electron chi connectivity index (χ2n) is 3.39. The molecule has 0 unspecified atom stereocenters. The van der Waals surface area contributed by atoms with Crippen LogP contribution in [0.5, 0.6) is 0 Å². The van der Waals surface area contributed by atoms with Crippen LogP contribution in [0.2, 0.25) is 0 Å². The van der Waals surface area contributed by atoms with Crippen molar-refractivity contribution in [1.82, 2.24) is 20.5 Å². The van der Waals surface area contributed by atoms with Crippen molar-refractivity contribution in [3.63, 3.8) is 0 Å². The van der Waals surface area contributed by atoms with Crippen molar-refractivity contribution in [3.05, 3.63) is 41.9 Å². The monoisotopic (exact) mass is 218 g/mol. The van der Waals surface area contributed by atoms with Crippen LogP contribution < -0.4 is 5.32 Å². The number of hydrogen-bond donors (Lipinski definition) is 2. The second kappa shape index (κ2) is 5.27. The second-order valence-corrected chi connectivity index (χ2v) is 3.39. The Labute approximate surface area is 93.6 Å². The molecule has 2 N–H and O–H groups in total. The molecule has 16 heavy (non-hydrogen) atoms. The molecule has 2 rings (SSSR count). The third-order valence-corrected chi connectivity index (χ3v) is 2.01. The van der Waals surface area contributed by atoms with E-state index in [1.54, 1.807) is 6.26 Å². The van der Waals surface area contributed by atoms with Gasteiger partial charge >= 0.3 is 0 Å². The fourth-order valence-corrected chi connectivity index (χ4v) is 1.30. The summed E-state index contributed by atoms with van der Waals surface area (Å²) in [4.78, 5) is 4.19. The van der Waals surface area contributed by atoms with Gasteiger partial charge in [0.25, 0.3) is 0 Å². The zero-order valence-corrected chi connectivity index (χ0v) is 9.10. The fraction of sp³-hybridized carbons (Fsp3) is 0.273. The van der Waals surface area contributed by atoms with Crippen LogP contribution in [0.15, 0.2) is 28.9 Å². The van der Waals surface area contributed by atoms with Gasteiger partial charge in [0.15, 0.2) is 5.82 Å². The number of H-pyrrole nitrogens is 1. The molecular formula is C11H14N4O. The van der Waals surface area contributed by atoms with Gasteiger partial charge in [-0.05, 0) is 25.1 Å². The molecule has 2 heterocycles. The van der Waals surface area contributed by atoms with E-state index in [9.17, 15) is 0 Å². The van der Waals surface area contributed by atoms with Crippen LogP contribution in [0.1, 0.15) is 17.4 Å². The Morgan fingerprint density at radius 3 is 3.19 bits per heavy atom. The van der Waals surface area contributed by atoms with Crippen LogP contribution in [0, 0.1) is 6.92 Å². The molecule has 0 aromatic carbocycles. The van der Waals surface area contributed by atoms with E-state index in [1.807, 2.05) is 31.2 Å². The van der Waals surface area contributed by atoms with Gasteiger partial charge < -0.3 is 9.73 Å². The van der Waals surface area contributed by atoms with Crippen LogP contribution in [0.3, 0.4) is 0 Å². The zero-order chi connectivity index (χ0) is 11.2. The summed E-state index contributed by atoms with van der Waals surface area (Å²) in [6, 6.07) is 3.78. The number of nitrogens with zero attached hydrogens (tertiary/aromatic N) is 2. The Morgan fingerprint density at radius 1 is 1.56 bits per heavy atom. The zero-order valence-electron chi connectivity index (χ0n) is 9.10. The molecule has 0 amide bonds. The van der Waals surface area contributed by atoms with E-state index in [0.29, 0.717) is 6.54 Å². The van der Waals surface area contributed by atoms with Gasteiger partial charge in [0, 0.05) is 6.54 Å². The van der Waals surface area contributed by atoms with Crippen molar-refractivity contribution in [2.45, 2.75) is 13.5 Å². The molecule has 0 saturated heterocycles. The maximum Gasteiger partial charge on any atom is 0.164 e. The van der Waals surface area contributed by atoms with Crippen LogP contribution in [-0.2, 0) is 6.54 Å². The first-order chi connectivity index (χ1) is 7.84. The van der Waals surface area contributed by atoms with Gasteiger partial charge in [0.05, 0.1) is 12.8 Å². The number of hydrogen-bond acceptors (Lipinski definition) is 4. The molecule has 0 atom stereocenters. The normalized spacial score (nSPS) is 11.3. The van der Waals surface area contributed by atoms with E-state index < -0.39 is 0 Å². The third-order valence-electron chi connectivity index (χ3n) is 2.01. The highest BCUT2D eigenvalue weighted by Gasteiger charge is 1.96. The van der Waals surface area contributed by atoms with Crippen molar-refractivity contribution < 1.29 is 4.42 Å². The van der Waals surface area contributed by atoms with Gasteiger partial charge in [0.1, 0.15) is 11.6 Å². The van der Waals surface area contributed by atoms with Gasteiger partial charge in [-0.25, -0.2) is 4.98 Å². The maximum atomic E-state index is 5.16. The summed E-state index contributed by atoms with van der Waals surface area (Å²) < 4.78 is 5.16. The lowest BCUT2D eigenvalue weighted by Gasteiger charge is -1.95. The molecule has 84 valence electrons. The fourth-order valence-electron chi connectivity index (χ4n) is 1.30. The summed E-state index contributed by atoms with van der Waals surface area (Å²) in [6.07, 6.45) is 5.58. The molecule has 2 aromatic heterocycles. The molecule has 0 aliphatic heterocycles. The molecular weight excluding hydrogens is 204 g/mol. The van der Waals surface area contributed by atoms with Crippen molar-refractivity contribution in [2.24, 2.45) is 0 Å². The number of aromatic nitrogens is 3. The minimum absolute atomic E-state index is 0.660. The standard InChI is InChI=1S/C11H14N4O/c1-9-13-11(15-14-9)8-12-6-2-4-10-5-3-7-16-10/h2-5,7,12H,6,8H2,1H3,(H,13,14,15)/b4-2+. The lowest BCUT2D eigenvalue weighted by molar-refractivity contribution is 0.556. The molecule has 0 aliphatic carbocycles. The van der Waals surface area contributed by atoms with E-state index in [4.69, 9.17) is 4.42 Å². The van der Waals surface area contributed by atoms with E-state index in [-0.39, 0.29) is 0 Å². The highest BCUT2D eigenvalue weighted by Crippen LogP contribution is 2.01. The van der Waals surface area contributed by atoms with E-state index in [1.165, 1.54) is 0 Å². The average molecular weight is 218 g/mol. The van der Waals surface area contributed by atoms with Crippen LogP contribution in [0.4, 0.5) is 0 Å². The van der Waals surface area contributed by atoms with Crippen LogP contribution >= 0.6 is 0 Å². The maximum absolute atomic E-state index is 5.16. The van der Waals surface area contributed by atoms with Crippen molar-refractivity contribution in [2.75, 3.05) is 6.54 Å². The Kier molecular flexibility index (Phi) is 3.50. The Balaban J connectivity index is 1.69. The van der Waals surface area contributed by atoms with Crippen LogP contribution in [-0.4, -0.2) is 21.7 Å².